The van der Waals surface area contributed by atoms with Gasteiger partial charge in [0.05, 0.1) is 5.69 Å². The molecule has 0 spiro atoms. The molecule has 2 bridgehead atoms. The van der Waals surface area contributed by atoms with Crippen molar-refractivity contribution in [3.05, 3.63) is 11.9 Å². The summed E-state index contributed by atoms with van der Waals surface area (Å²) in [5.74, 6) is 2.05. The summed E-state index contributed by atoms with van der Waals surface area (Å²) in [7, 11) is -3.47. The fourth-order valence-corrected chi connectivity index (χ4v) is 5.71. The summed E-state index contributed by atoms with van der Waals surface area (Å²) in [4.78, 5) is 0.319. The summed E-state index contributed by atoms with van der Waals surface area (Å²) in [6.45, 7) is 6.40. The lowest BCUT2D eigenvalue weighted by atomic mass is 9.84. The quantitative estimate of drug-likeness (QED) is 0.907. The zero-order chi connectivity index (χ0) is 15.2. The summed E-state index contributed by atoms with van der Waals surface area (Å²) in [6, 6.07) is 0.00896. The molecule has 21 heavy (non-hydrogen) atoms. The van der Waals surface area contributed by atoms with Crippen LogP contribution in [-0.4, -0.2) is 24.2 Å². The molecule has 4 unspecified atom stereocenters. The van der Waals surface area contributed by atoms with Gasteiger partial charge in [-0.05, 0) is 57.8 Å². The van der Waals surface area contributed by atoms with E-state index < -0.39 is 10.0 Å². The van der Waals surface area contributed by atoms with Crippen molar-refractivity contribution in [3.63, 3.8) is 0 Å². The lowest BCUT2D eigenvalue weighted by Gasteiger charge is -2.28. The van der Waals surface area contributed by atoms with Gasteiger partial charge in [0.25, 0.3) is 0 Å². The van der Waals surface area contributed by atoms with Crippen LogP contribution in [-0.2, 0) is 16.6 Å². The van der Waals surface area contributed by atoms with Crippen molar-refractivity contribution in [3.8, 4) is 0 Å². The number of fused-ring (bicyclic) bond motifs is 2. The highest BCUT2D eigenvalue weighted by atomic mass is 32.2. The molecule has 3 rings (SSSR count). The minimum Gasteiger partial charge on any atom is -0.271 e. The molecule has 1 heterocycles. The van der Waals surface area contributed by atoms with Crippen LogP contribution in [0.25, 0.3) is 0 Å². The molecular weight excluding hydrogens is 286 g/mol. The van der Waals surface area contributed by atoms with Gasteiger partial charge in [-0.25, -0.2) is 13.1 Å². The van der Waals surface area contributed by atoms with Crippen LogP contribution in [0.2, 0.25) is 0 Å². The largest absolute Gasteiger partial charge is 0.271 e. The van der Waals surface area contributed by atoms with Crippen molar-refractivity contribution in [2.75, 3.05) is 0 Å². The Hall–Kier alpha value is -0.880. The lowest BCUT2D eigenvalue weighted by molar-refractivity contribution is 0.280. The summed E-state index contributed by atoms with van der Waals surface area (Å²) in [5, 5.41) is 4.24. The van der Waals surface area contributed by atoms with E-state index in [0.717, 1.165) is 5.92 Å². The second-order valence-corrected chi connectivity index (χ2v) is 8.37. The fraction of sp³-hybridized carbons (Fsp3) is 0.800. The van der Waals surface area contributed by atoms with E-state index in [0.29, 0.717) is 29.0 Å². The Morgan fingerprint density at radius 3 is 2.71 bits per heavy atom. The predicted molar refractivity (Wildman–Crippen MR) is 81.4 cm³/mol. The van der Waals surface area contributed by atoms with Gasteiger partial charge in [-0.1, -0.05) is 6.42 Å². The molecule has 118 valence electrons. The van der Waals surface area contributed by atoms with Gasteiger partial charge in [-0.15, -0.1) is 0 Å². The van der Waals surface area contributed by atoms with Gasteiger partial charge in [0.15, 0.2) is 0 Å². The average Bonchev–Trinajstić information content (AvgIpc) is 3.12. The Labute approximate surface area is 127 Å². The molecule has 2 aliphatic carbocycles. The molecule has 2 saturated carbocycles. The Morgan fingerprint density at radius 1 is 1.43 bits per heavy atom. The third kappa shape index (κ3) is 2.75. The molecule has 0 aliphatic heterocycles. The summed E-state index contributed by atoms with van der Waals surface area (Å²) >= 11 is 0. The molecule has 0 amide bonds. The predicted octanol–water partition coefficient (Wildman–Crippen LogP) is 2.31. The average molecular weight is 311 g/mol. The number of sulfonamides is 1. The minimum absolute atomic E-state index is 0.00896. The number of aryl methyl sites for hydroxylation is 2. The molecule has 1 aromatic heterocycles. The van der Waals surface area contributed by atoms with Crippen LogP contribution in [0.4, 0.5) is 0 Å². The Bertz CT molecular complexity index is 623. The highest BCUT2D eigenvalue weighted by Crippen LogP contribution is 2.49. The smallest absolute Gasteiger partial charge is 0.244 e. The van der Waals surface area contributed by atoms with Crippen molar-refractivity contribution in [2.45, 2.75) is 63.9 Å². The van der Waals surface area contributed by atoms with Gasteiger partial charge in [0.2, 0.25) is 10.0 Å². The number of aromatic nitrogens is 2. The van der Waals surface area contributed by atoms with Gasteiger partial charge < -0.3 is 0 Å². The van der Waals surface area contributed by atoms with Crippen LogP contribution in [0.3, 0.4) is 0 Å². The fourth-order valence-electron chi connectivity index (χ4n) is 4.23. The van der Waals surface area contributed by atoms with Crippen molar-refractivity contribution in [2.24, 2.45) is 17.8 Å². The Morgan fingerprint density at radius 2 is 2.19 bits per heavy atom. The first-order valence-corrected chi connectivity index (χ1v) is 9.45. The second-order valence-electron chi connectivity index (χ2n) is 6.68. The maximum Gasteiger partial charge on any atom is 0.244 e. The first-order chi connectivity index (χ1) is 9.90. The highest BCUT2D eigenvalue weighted by Gasteiger charge is 2.42. The van der Waals surface area contributed by atoms with Gasteiger partial charge >= 0.3 is 0 Å². The number of nitrogens with zero attached hydrogens (tertiary/aromatic N) is 2. The standard InChI is InChI=1S/C15H25N3O2S/c1-4-18-9-15(11(3)16-18)21(19,20)17-10(2)14-8-12-5-6-13(14)7-12/h9-10,12-14,17H,4-8H2,1-3H3. The molecule has 1 N–H and O–H groups in total. The highest BCUT2D eigenvalue weighted by molar-refractivity contribution is 7.89. The number of hydrogen-bond acceptors (Lipinski definition) is 3. The first kappa shape index (κ1) is 15.0. The Kier molecular flexibility index (Phi) is 3.86. The van der Waals surface area contributed by atoms with Gasteiger partial charge in [0.1, 0.15) is 4.90 Å². The van der Waals surface area contributed by atoms with Crippen LogP contribution in [0.5, 0.6) is 0 Å². The Balaban J connectivity index is 1.75. The minimum atomic E-state index is -3.47. The molecule has 1 aromatic rings. The van der Waals surface area contributed by atoms with Crippen LogP contribution >= 0.6 is 0 Å². The van der Waals surface area contributed by atoms with E-state index in [-0.39, 0.29) is 6.04 Å². The number of rotatable bonds is 5. The van der Waals surface area contributed by atoms with Gasteiger partial charge in [-0.3, -0.25) is 4.68 Å². The van der Waals surface area contributed by atoms with Crippen molar-refractivity contribution >= 4 is 10.0 Å². The van der Waals surface area contributed by atoms with E-state index in [1.807, 2.05) is 13.8 Å². The molecule has 6 heteroatoms. The molecule has 0 saturated heterocycles. The SMILES string of the molecule is CCn1cc(S(=O)(=O)NC(C)C2CC3CCC2C3)c(C)n1. The molecule has 2 fully saturated rings. The van der Waals surface area contributed by atoms with E-state index in [4.69, 9.17) is 0 Å². The molecule has 2 aliphatic rings. The summed E-state index contributed by atoms with van der Waals surface area (Å²) in [5.41, 5.74) is 0.574. The monoisotopic (exact) mass is 311 g/mol. The second kappa shape index (κ2) is 5.39. The van der Waals surface area contributed by atoms with Gasteiger partial charge in [-0.2, -0.15) is 5.10 Å². The van der Waals surface area contributed by atoms with E-state index in [1.54, 1.807) is 17.8 Å². The van der Waals surface area contributed by atoms with Crippen LogP contribution in [0, 0.1) is 24.7 Å². The van der Waals surface area contributed by atoms with E-state index in [1.165, 1.54) is 25.7 Å². The maximum atomic E-state index is 12.6. The number of hydrogen-bond donors (Lipinski definition) is 1. The zero-order valence-corrected chi connectivity index (χ0v) is 13.9. The first-order valence-electron chi connectivity index (χ1n) is 7.97. The summed E-state index contributed by atoms with van der Waals surface area (Å²) in [6.07, 6.45) is 6.72. The third-order valence-corrected chi connectivity index (χ3v) is 6.95. The van der Waals surface area contributed by atoms with Gasteiger partial charge in [0, 0.05) is 18.8 Å². The molecule has 4 atom stereocenters. The third-order valence-electron chi connectivity index (χ3n) is 5.29. The number of nitrogens with one attached hydrogen (secondary N) is 1. The molecule has 0 radical (unpaired) electrons. The topological polar surface area (TPSA) is 64.0 Å². The molecule has 0 aromatic carbocycles. The van der Waals surface area contributed by atoms with E-state index in [2.05, 4.69) is 9.82 Å². The maximum absolute atomic E-state index is 12.6. The molecule has 5 nitrogen and oxygen atoms in total. The van der Waals surface area contributed by atoms with Crippen molar-refractivity contribution in [1.29, 1.82) is 0 Å². The van der Waals surface area contributed by atoms with Crippen molar-refractivity contribution in [1.82, 2.24) is 14.5 Å². The zero-order valence-electron chi connectivity index (χ0n) is 13.0. The normalized spacial score (nSPS) is 30.0. The van der Waals surface area contributed by atoms with Crippen LogP contribution < -0.4 is 4.72 Å². The van der Waals surface area contributed by atoms with Crippen LogP contribution in [0.1, 0.15) is 45.2 Å². The lowest BCUT2D eigenvalue weighted by Crippen LogP contribution is -2.40. The van der Waals surface area contributed by atoms with Crippen LogP contribution in [0.15, 0.2) is 11.1 Å². The molecular formula is C15H25N3O2S. The summed E-state index contributed by atoms with van der Waals surface area (Å²) < 4.78 is 29.8. The van der Waals surface area contributed by atoms with E-state index >= 15 is 0 Å². The van der Waals surface area contributed by atoms with Crippen molar-refractivity contribution < 1.29 is 8.42 Å². The van der Waals surface area contributed by atoms with E-state index in [9.17, 15) is 8.42 Å².